The van der Waals surface area contributed by atoms with Crippen molar-refractivity contribution in [2.75, 3.05) is 11.4 Å². The van der Waals surface area contributed by atoms with Gasteiger partial charge in [-0.2, -0.15) is 0 Å². The third-order valence-corrected chi connectivity index (χ3v) is 5.03. The average molecular weight is 371 g/mol. The van der Waals surface area contributed by atoms with Crippen LogP contribution in [0.4, 0.5) is 5.69 Å². The molecular formula is C23H21N3O2. The van der Waals surface area contributed by atoms with E-state index >= 15 is 0 Å². The molecule has 0 aliphatic carbocycles. The van der Waals surface area contributed by atoms with Crippen LogP contribution >= 0.6 is 0 Å². The maximum absolute atomic E-state index is 12.9. The Hall–Kier alpha value is -3.47. The number of rotatable bonds is 4. The number of para-hydroxylation sites is 1. The molecule has 0 spiro atoms. The Morgan fingerprint density at radius 3 is 2.57 bits per heavy atom. The number of benzene rings is 2. The highest BCUT2D eigenvalue weighted by Crippen LogP contribution is 2.28. The van der Waals surface area contributed by atoms with Crippen molar-refractivity contribution in [1.29, 1.82) is 0 Å². The summed E-state index contributed by atoms with van der Waals surface area (Å²) in [6.07, 6.45) is 0.832. The van der Waals surface area contributed by atoms with Gasteiger partial charge in [-0.3, -0.25) is 9.59 Å². The van der Waals surface area contributed by atoms with Crippen molar-refractivity contribution >= 4 is 17.5 Å². The topological polar surface area (TPSA) is 62.3 Å². The number of nitrogens with one attached hydrogen (secondary N) is 1. The van der Waals surface area contributed by atoms with Crippen LogP contribution in [0.15, 0.2) is 66.7 Å². The van der Waals surface area contributed by atoms with Gasteiger partial charge in [-0.05, 0) is 48.2 Å². The van der Waals surface area contributed by atoms with E-state index in [1.54, 1.807) is 23.1 Å². The van der Waals surface area contributed by atoms with Gasteiger partial charge in [-0.25, -0.2) is 4.98 Å². The molecule has 5 nitrogen and oxygen atoms in total. The molecule has 3 aromatic rings. The molecule has 1 N–H and O–H groups in total. The Labute approximate surface area is 164 Å². The summed E-state index contributed by atoms with van der Waals surface area (Å²) in [6, 6.07) is 20.8. The monoisotopic (exact) mass is 371 g/mol. The molecule has 2 heterocycles. The number of aryl methyl sites for hydroxylation is 1. The fraction of sp³-hybridized carbons (Fsp3) is 0.174. The highest BCUT2D eigenvalue weighted by molar-refractivity contribution is 6.06. The van der Waals surface area contributed by atoms with Crippen LogP contribution in [0.1, 0.15) is 37.7 Å². The fourth-order valence-corrected chi connectivity index (χ4v) is 3.44. The molecule has 1 aliphatic rings. The minimum atomic E-state index is -0.292. The minimum absolute atomic E-state index is 0.182. The first-order valence-corrected chi connectivity index (χ1v) is 9.33. The summed E-state index contributed by atoms with van der Waals surface area (Å²) in [5, 5.41) is 2.88. The van der Waals surface area contributed by atoms with Gasteiger partial charge in [-0.15, -0.1) is 0 Å². The number of hydrogen-bond donors (Lipinski definition) is 1. The first kappa shape index (κ1) is 17.9. The second kappa shape index (κ2) is 7.64. The van der Waals surface area contributed by atoms with Gasteiger partial charge in [-0.1, -0.05) is 48.5 Å². The smallest absolute Gasteiger partial charge is 0.276 e. The Morgan fingerprint density at radius 2 is 1.71 bits per heavy atom. The van der Waals surface area contributed by atoms with E-state index < -0.39 is 0 Å². The Morgan fingerprint density at radius 1 is 0.964 bits per heavy atom. The third kappa shape index (κ3) is 3.51. The quantitative estimate of drug-likeness (QED) is 0.763. The molecule has 1 aromatic heterocycles. The van der Waals surface area contributed by atoms with Crippen molar-refractivity contribution in [3.8, 4) is 0 Å². The molecule has 0 unspecified atom stereocenters. The van der Waals surface area contributed by atoms with Crippen LogP contribution < -0.4 is 10.2 Å². The summed E-state index contributed by atoms with van der Waals surface area (Å²) in [5.41, 5.74) is 4.77. The van der Waals surface area contributed by atoms with Gasteiger partial charge in [0.2, 0.25) is 0 Å². The maximum Gasteiger partial charge on any atom is 0.276 e. The second-order valence-electron chi connectivity index (χ2n) is 6.85. The zero-order chi connectivity index (χ0) is 19.5. The molecule has 2 amide bonds. The highest BCUT2D eigenvalue weighted by Gasteiger charge is 2.26. The number of hydrogen-bond acceptors (Lipinski definition) is 3. The van der Waals surface area contributed by atoms with E-state index in [9.17, 15) is 9.59 Å². The van der Waals surface area contributed by atoms with Gasteiger partial charge in [0, 0.05) is 18.8 Å². The number of amides is 2. The fourth-order valence-electron chi connectivity index (χ4n) is 3.44. The minimum Gasteiger partial charge on any atom is -0.347 e. The SMILES string of the molecule is Cc1ccccc1CNC(=O)c1cccc(C(=O)N2CCc3ccccc32)n1. The highest BCUT2D eigenvalue weighted by atomic mass is 16.2. The number of pyridine rings is 1. The van der Waals surface area contributed by atoms with Crippen molar-refractivity contribution < 1.29 is 9.59 Å². The summed E-state index contributed by atoms with van der Waals surface area (Å²) in [7, 11) is 0. The van der Waals surface area contributed by atoms with Crippen molar-refractivity contribution in [2.45, 2.75) is 19.9 Å². The molecule has 28 heavy (non-hydrogen) atoms. The van der Waals surface area contributed by atoms with Gasteiger partial charge >= 0.3 is 0 Å². The third-order valence-electron chi connectivity index (χ3n) is 5.03. The second-order valence-corrected chi connectivity index (χ2v) is 6.85. The lowest BCUT2D eigenvalue weighted by molar-refractivity contribution is 0.0945. The van der Waals surface area contributed by atoms with Crippen LogP contribution in [0, 0.1) is 6.92 Å². The predicted octanol–water partition coefficient (Wildman–Crippen LogP) is 3.52. The van der Waals surface area contributed by atoms with Crippen LogP contribution in [-0.4, -0.2) is 23.3 Å². The van der Waals surface area contributed by atoms with E-state index in [1.807, 2.05) is 55.5 Å². The van der Waals surface area contributed by atoms with Crippen LogP contribution in [0.2, 0.25) is 0 Å². The standard InChI is InChI=1S/C23H21N3O2/c1-16-7-2-3-9-18(16)15-24-22(27)19-10-6-11-20(25-19)23(28)26-14-13-17-8-4-5-12-21(17)26/h2-12H,13-15H2,1H3,(H,24,27). The predicted molar refractivity (Wildman–Crippen MR) is 108 cm³/mol. The molecule has 5 heteroatoms. The normalized spacial score (nSPS) is 12.5. The Bertz CT molecular complexity index is 1050. The van der Waals surface area contributed by atoms with Crippen LogP contribution in [0.25, 0.3) is 0 Å². The summed E-state index contributed by atoms with van der Waals surface area (Å²) in [4.78, 5) is 31.5. The lowest BCUT2D eigenvalue weighted by Crippen LogP contribution is -2.31. The molecular weight excluding hydrogens is 350 g/mol. The number of fused-ring (bicyclic) bond motifs is 1. The van der Waals surface area contributed by atoms with E-state index in [4.69, 9.17) is 0 Å². The molecule has 0 atom stereocenters. The summed E-state index contributed by atoms with van der Waals surface area (Å²) in [6.45, 7) is 3.06. The maximum atomic E-state index is 12.9. The van der Waals surface area contributed by atoms with Crippen molar-refractivity contribution in [2.24, 2.45) is 0 Å². The van der Waals surface area contributed by atoms with E-state index in [1.165, 1.54) is 0 Å². The van der Waals surface area contributed by atoms with Crippen molar-refractivity contribution in [1.82, 2.24) is 10.3 Å². The number of aromatic nitrogens is 1. The lowest BCUT2D eigenvalue weighted by atomic mass is 10.1. The van der Waals surface area contributed by atoms with Gasteiger partial charge < -0.3 is 10.2 Å². The van der Waals surface area contributed by atoms with Crippen LogP contribution in [-0.2, 0) is 13.0 Å². The van der Waals surface area contributed by atoms with E-state index in [0.717, 1.165) is 28.8 Å². The van der Waals surface area contributed by atoms with E-state index in [2.05, 4.69) is 10.3 Å². The first-order chi connectivity index (χ1) is 13.6. The molecule has 0 saturated carbocycles. The van der Waals surface area contributed by atoms with Gasteiger partial charge in [0.05, 0.1) is 0 Å². The molecule has 140 valence electrons. The molecule has 1 aliphatic heterocycles. The zero-order valence-corrected chi connectivity index (χ0v) is 15.7. The number of nitrogens with zero attached hydrogens (tertiary/aromatic N) is 2. The van der Waals surface area contributed by atoms with Crippen molar-refractivity contribution in [3.63, 3.8) is 0 Å². The molecule has 0 fully saturated rings. The molecule has 0 radical (unpaired) electrons. The van der Waals surface area contributed by atoms with Crippen LogP contribution in [0.5, 0.6) is 0 Å². The largest absolute Gasteiger partial charge is 0.347 e. The summed E-state index contributed by atoms with van der Waals surface area (Å²) >= 11 is 0. The zero-order valence-electron chi connectivity index (χ0n) is 15.7. The molecule has 0 bridgehead atoms. The van der Waals surface area contributed by atoms with Crippen molar-refractivity contribution in [3.05, 3.63) is 94.8 Å². The van der Waals surface area contributed by atoms with Gasteiger partial charge in [0.15, 0.2) is 0 Å². The molecule has 0 saturated heterocycles. The van der Waals surface area contributed by atoms with E-state index in [-0.39, 0.29) is 23.2 Å². The number of carbonyl (C=O) groups is 2. The number of carbonyl (C=O) groups excluding carboxylic acids is 2. The molecule has 2 aromatic carbocycles. The average Bonchev–Trinajstić information content (AvgIpc) is 3.16. The summed E-state index contributed by atoms with van der Waals surface area (Å²) < 4.78 is 0. The van der Waals surface area contributed by atoms with Gasteiger partial charge in [0.25, 0.3) is 11.8 Å². The lowest BCUT2D eigenvalue weighted by Gasteiger charge is -2.17. The Kier molecular flexibility index (Phi) is 4.89. The Balaban J connectivity index is 1.49. The first-order valence-electron chi connectivity index (χ1n) is 9.33. The summed E-state index contributed by atoms with van der Waals surface area (Å²) in [5.74, 6) is -0.474. The van der Waals surface area contributed by atoms with Gasteiger partial charge in [0.1, 0.15) is 11.4 Å². The van der Waals surface area contributed by atoms with Crippen LogP contribution in [0.3, 0.4) is 0 Å². The van der Waals surface area contributed by atoms with E-state index in [0.29, 0.717) is 13.1 Å². The molecule has 4 rings (SSSR count). The number of anilines is 1.